The number of hydrogen-bond acceptors (Lipinski definition) is 7. The van der Waals surface area contributed by atoms with E-state index in [1.165, 1.54) is 11.8 Å². The molecule has 0 bridgehead atoms. The molecule has 152 valence electrons. The minimum Gasteiger partial charge on any atom is -0.481 e. The number of carbonyl (C=O) groups is 5. The third kappa shape index (κ3) is 6.49. The number of carboxylic acids is 2. The van der Waals surface area contributed by atoms with Gasteiger partial charge in [-0.3, -0.25) is 19.2 Å². The van der Waals surface area contributed by atoms with Crippen LogP contribution in [0.25, 0.3) is 0 Å². The molecule has 1 aliphatic heterocycles. The minimum absolute atomic E-state index is 0.236. The third-order valence-electron chi connectivity index (χ3n) is 4.04. The Kier molecular flexibility index (Phi) is 8.12. The number of carbonyl (C=O) groups excluding carboxylic acids is 3. The lowest BCUT2D eigenvalue weighted by Gasteiger charge is -2.26. The summed E-state index contributed by atoms with van der Waals surface area (Å²) in [6.45, 7) is 0.884. The van der Waals surface area contributed by atoms with E-state index in [-0.39, 0.29) is 6.54 Å². The number of likely N-dealkylation sites (tertiary alicyclic amines) is 1. The van der Waals surface area contributed by atoms with Gasteiger partial charge in [0.15, 0.2) is 6.04 Å². The SMILES string of the molecule is CC(O)C(NC(=O)CNC(=O)C1CCCN1C(=O)C(N)CC(=O)O)C(=O)O. The van der Waals surface area contributed by atoms with Crippen LogP contribution in [-0.2, 0) is 24.0 Å². The number of amides is 3. The maximum atomic E-state index is 12.3. The Morgan fingerprint density at radius 3 is 2.37 bits per heavy atom. The number of aliphatic hydroxyl groups excluding tert-OH is 1. The standard InChI is InChI=1S/C15H24N4O8/c1-7(20)12(15(26)27)18-10(21)6-17-13(24)9-3-2-4-19(9)14(25)8(16)5-11(22)23/h7-9,12,20H,2-6,16H2,1H3,(H,17,24)(H,18,21)(H,22,23)(H,26,27). The van der Waals surface area contributed by atoms with E-state index in [0.29, 0.717) is 12.8 Å². The first-order valence-corrected chi connectivity index (χ1v) is 8.30. The van der Waals surface area contributed by atoms with Gasteiger partial charge < -0.3 is 36.6 Å². The summed E-state index contributed by atoms with van der Waals surface area (Å²) in [7, 11) is 0. The Bertz CT molecular complexity index is 609. The maximum Gasteiger partial charge on any atom is 0.328 e. The fourth-order valence-electron chi connectivity index (χ4n) is 2.69. The van der Waals surface area contributed by atoms with Gasteiger partial charge in [0.2, 0.25) is 17.7 Å². The van der Waals surface area contributed by atoms with Crippen LogP contribution in [-0.4, -0.2) is 87.2 Å². The monoisotopic (exact) mass is 388 g/mol. The van der Waals surface area contributed by atoms with E-state index in [1.54, 1.807) is 0 Å². The average Bonchev–Trinajstić information content (AvgIpc) is 3.05. The van der Waals surface area contributed by atoms with E-state index in [1.807, 2.05) is 0 Å². The first-order chi connectivity index (χ1) is 12.5. The van der Waals surface area contributed by atoms with Crippen LogP contribution in [0.5, 0.6) is 0 Å². The summed E-state index contributed by atoms with van der Waals surface area (Å²) in [5.41, 5.74) is 5.55. The molecule has 12 heteroatoms. The van der Waals surface area contributed by atoms with Gasteiger partial charge in [0.05, 0.1) is 25.1 Å². The molecule has 0 aromatic heterocycles. The van der Waals surface area contributed by atoms with E-state index in [9.17, 15) is 29.1 Å². The molecular formula is C15H24N4O8. The predicted octanol–water partition coefficient (Wildman–Crippen LogP) is -3.15. The highest BCUT2D eigenvalue weighted by atomic mass is 16.4. The Hall–Kier alpha value is -2.73. The smallest absolute Gasteiger partial charge is 0.328 e. The summed E-state index contributed by atoms with van der Waals surface area (Å²) in [5.74, 6) is -4.79. The topological polar surface area (TPSA) is 199 Å². The van der Waals surface area contributed by atoms with E-state index in [2.05, 4.69) is 10.6 Å². The number of aliphatic carboxylic acids is 2. The van der Waals surface area contributed by atoms with Crippen LogP contribution < -0.4 is 16.4 Å². The first kappa shape index (κ1) is 22.3. The zero-order chi connectivity index (χ0) is 20.7. The van der Waals surface area contributed by atoms with Crippen LogP contribution in [0.3, 0.4) is 0 Å². The van der Waals surface area contributed by atoms with Crippen LogP contribution in [0, 0.1) is 0 Å². The van der Waals surface area contributed by atoms with Crippen molar-refractivity contribution in [3.63, 3.8) is 0 Å². The van der Waals surface area contributed by atoms with Crippen LogP contribution in [0.4, 0.5) is 0 Å². The molecule has 0 spiro atoms. The first-order valence-electron chi connectivity index (χ1n) is 8.30. The van der Waals surface area contributed by atoms with Gasteiger partial charge in [-0.1, -0.05) is 0 Å². The molecule has 1 rings (SSSR count). The molecule has 0 aromatic rings. The highest BCUT2D eigenvalue weighted by Gasteiger charge is 2.36. The molecule has 1 aliphatic rings. The molecule has 4 unspecified atom stereocenters. The van der Waals surface area contributed by atoms with Crippen molar-refractivity contribution in [1.29, 1.82) is 0 Å². The zero-order valence-electron chi connectivity index (χ0n) is 14.8. The number of nitrogens with two attached hydrogens (primary N) is 1. The predicted molar refractivity (Wildman–Crippen MR) is 89.2 cm³/mol. The van der Waals surface area contributed by atoms with E-state index >= 15 is 0 Å². The van der Waals surface area contributed by atoms with Gasteiger partial charge >= 0.3 is 11.9 Å². The van der Waals surface area contributed by atoms with Crippen molar-refractivity contribution in [2.75, 3.05) is 13.1 Å². The van der Waals surface area contributed by atoms with Crippen molar-refractivity contribution in [2.24, 2.45) is 5.73 Å². The zero-order valence-corrected chi connectivity index (χ0v) is 14.8. The van der Waals surface area contributed by atoms with Crippen molar-refractivity contribution < 1.29 is 39.3 Å². The summed E-state index contributed by atoms with van der Waals surface area (Å²) < 4.78 is 0. The quantitative estimate of drug-likeness (QED) is 0.236. The number of aliphatic hydroxyl groups is 1. The van der Waals surface area contributed by atoms with E-state index in [4.69, 9.17) is 15.9 Å². The molecule has 27 heavy (non-hydrogen) atoms. The molecule has 0 aliphatic carbocycles. The molecule has 0 aromatic carbocycles. The van der Waals surface area contributed by atoms with Crippen molar-refractivity contribution >= 4 is 29.7 Å². The second-order valence-corrected chi connectivity index (χ2v) is 6.24. The fourth-order valence-corrected chi connectivity index (χ4v) is 2.69. The molecule has 12 nitrogen and oxygen atoms in total. The van der Waals surface area contributed by atoms with E-state index in [0.717, 1.165) is 0 Å². The van der Waals surface area contributed by atoms with Gasteiger partial charge in [-0.2, -0.15) is 0 Å². The van der Waals surface area contributed by atoms with Crippen molar-refractivity contribution in [1.82, 2.24) is 15.5 Å². The van der Waals surface area contributed by atoms with Crippen LogP contribution in [0.15, 0.2) is 0 Å². The summed E-state index contributed by atoms with van der Waals surface area (Å²) in [5, 5.41) is 31.3. The van der Waals surface area contributed by atoms with Gasteiger partial charge in [0, 0.05) is 6.54 Å². The Morgan fingerprint density at radius 1 is 1.22 bits per heavy atom. The largest absolute Gasteiger partial charge is 0.481 e. The molecule has 3 amide bonds. The Labute approximate surface area is 154 Å². The summed E-state index contributed by atoms with van der Waals surface area (Å²) >= 11 is 0. The Morgan fingerprint density at radius 2 is 1.85 bits per heavy atom. The lowest BCUT2D eigenvalue weighted by Crippen LogP contribution is -2.54. The lowest BCUT2D eigenvalue weighted by atomic mass is 10.1. The fraction of sp³-hybridized carbons (Fsp3) is 0.667. The molecule has 0 saturated carbocycles. The van der Waals surface area contributed by atoms with Crippen molar-refractivity contribution in [3.8, 4) is 0 Å². The van der Waals surface area contributed by atoms with Gasteiger partial charge in [0.1, 0.15) is 6.04 Å². The molecule has 0 radical (unpaired) electrons. The maximum absolute atomic E-state index is 12.3. The number of rotatable bonds is 9. The molecular weight excluding hydrogens is 364 g/mol. The van der Waals surface area contributed by atoms with Gasteiger partial charge in [-0.05, 0) is 19.8 Å². The summed E-state index contributed by atoms with van der Waals surface area (Å²) in [6, 6.07) is -3.69. The third-order valence-corrected chi connectivity index (χ3v) is 4.04. The van der Waals surface area contributed by atoms with Crippen LogP contribution in [0.2, 0.25) is 0 Å². The highest BCUT2D eigenvalue weighted by molar-refractivity contribution is 5.94. The number of carboxylic acid groups (broad SMARTS) is 2. The number of nitrogens with zero attached hydrogens (tertiary/aromatic N) is 1. The van der Waals surface area contributed by atoms with Gasteiger partial charge in [-0.25, -0.2) is 4.79 Å². The molecule has 1 heterocycles. The summed E-state index contributed by atoms with van der Waals surface area (Å²) in [6.07, 6.45) is -1.06. The number of hydrogen-bond donors (Lipinski definition) is 6. The van der Waals surface area contributed by atoms with Gasteiger partial charge in [-0.15, -0.1) is 0 Å². The molecule has 4 atom stereocenters. The lowest BCUT2D eigenvalue weighted by molar-refractivity contribution is -0.145. The second kappa shape index (κ2) is 9.83. The van der Waals surface area contributed by atoms with Crippen molar-refractivity contribution in [2.45, 2.75) is 50.4 Å². The van der Waals surface area contributed by atoms with E-state index < -0.39 is 66.9 Å². The minimum atomic E-state index is -1.52. The van der Waals surface area contributed by atoms with Crippen molar-refractivity contribution in [3.05, 3.63) is 0 Å². The second-order valence-electron chi connectivity index (χ2n) is 6.24. The number of nitrogens with one attached hydrogen (secondary N) is 2. The molecule has 1 fully saturated rings. The van der Waals surface area contributed by atoms with Gasteiger partial charge in [0.25, 0.3) is 0 Å². The molecule has 1 saturated heterocycles. The highest BCUT2D eigenvalue weighted by Crippen LogP contribution is 2.18. The Balaban J connectivity index is 2.60. The van der Waals surface area contributed by atoms with Crippen LogP contribution in [0.1, 0.15) is 26.2 Å². The average molecular weight is 388 g/mol. The normalized spacial score (nSPS) is 19.7. The van der Waals surface area contributed by atoms with Crippen LogP contribution >= 0.6 is 0 Å². The summed E-state index contributed by atoms with van der Waals surface area (Å²) in [4.78, 5) is 59.0. The molecule has 7 N–H and O–H groups in total.